The lowest BCUT2D eigenvalue weighted by atomic mass is 10.1. The smallest absolute Gasteiger partial charge is 0.123 e. The van der Waals surface area contributed by atoms with Gasteiger partial charge < -0.3 is 5.32 Å². The molecule has 0 bridgehead atoms. The summed E-state index contributed by atoms with van der Waals surface area (Å²) in [7, 11) is 1.98. The van der Waals surface area contributed by atoms with Gasteiger partial charge in [0.15, 0.2) is 0 Å². The zero-order valence-electron chi connectivity index (χ0n) is 9.46. The van der Waals surface area contributed by atoms with Crippen molar-refractivity contribution in [2.75, 3.05) is 12.8 Å². The Bertz CT molecular complexity index is 284. The first-order valence-corrected chi connectivity index (χ1v) is 6.17. The van der Waals surface area contributed by atoms with Gasteiger partial charge in [0.25, 0.3) is 0 Å². The van der Waals surface area contributed by atoms with Crippen molar-refractivity contribution in [2.45, 2.75) is 24.8 Å². The number of hydrogen-bond donors (Lipinski definition) is 1. The summed E-state index contributed by atoms with van der Waals surface area (Å²) in [5.74, 6) is 1.45. The van der Waals surface area contributed by atoms with Crippen LogP contribution in [0.2, 0.25) is 0 Å². The molecule has 0 heterocycles. The predicted octanol–water partition coefficient (Wildman–Crippen LogP) is 3.16. The third-order valence-electron chi connectivity index (χ3n) is 2.42. The summed E-state index contributed by atoms with van der Waals surface area (Å²) in [6.07, 6.45) is 0. The number of benzene rings is 1. The summed E-state index contributed by atoms with van der Waals surface area (Å²) in [4.78, 5) is 1.12. The van der Waals surface area contributed by atoms with Crippen molar-refractivity contribution in [1.82, 2.24) is 5.32 Å². The molecule has 1 N–H and O–H groups in total. The van der Waals surface area contributed by atoms with Gasteiger partial charge in [0, 0.05) is 16.7 Å². The summed E-state index contributed by atoms with van der Waals surface area (Å²) in [5.41, 5.74) is 0. The minimum absolute atomic E-state index is 0.173. The maximum atomic E-state index is 12.7. The summed E-state index contributed by atoms with van der Waals surface area (Å²) >= 11 is 1.76. The van der Waals surface area contributed by atoms with Gasteiger partial charge in [-0.1, -0.05) is 13.8 Å². The fourth-order valence-corrected chi connectivity index (χ4v) is 2.58. The van der Waals surface area contributed by atoms with Crippen LogP contribution in [0, 0.1) is 11.7 Å². The van der Waals surface area contributed by atoms with Crippen molar-refractivity contribution in [3.05, 3.63) is 30.1 Å². The molecule has 0 amide bonds. The second-order valence-corrected chi connectivity index (χ2v) is 5.00. The predicted molar refractivity (Wildman–Crippen MR) is 64.8 cm³/mol. The Hall–Kier alpha value is -0.540. The van der Waals surface area contributed by atoms with Gasteiger partial charge >= 0.3 is 0 Å². The second-order valence-electron chi connectivity index (χ2n) is 3.90. The van der Waals surface area contributed by atoms with Crippen LogP contribution < -0.4 is 5.32 Å². The molecule has 0 saturated heterocycles. The largest absolute Gasteiger partial charge is 0.316 e. The standard InChI is InChI=1S/C12H18FNS/c1-9(2)12(14-3)8-15-11-6-4-10(13)5-7-11/h4-7,9,12,14H,8H2,1-3H3. The van der Waals surface area contributed by atoms with E-state index in [0.717, 1.165) is 10.6 Å². The van der Waals surface area contributed by atoms with E-state index < -0.39 is 0 Å². The zero-order valence-corrected chi connectivity index (χ0v) is 10.3. The van der Waals surface area contributed by atoms with Crippen molar-refractivity contribution < 1.29 is 4.39 Å². The number of hydrogen-bond acceptors (Lipinski definition) is 2. The molecule has 84 valence electrons. The molecule has 15 heavy (non-hydrogen) atoms. The van der Waals surface area contributed by atoms with Crippen LogP contribution in [0.5, 0.6) is 0 Å². The van der Waals surface area contributed by atoms with E-state index in [-0.39, 0.29) is 5.82 Å². The molecular formula is C12H18FNS. The molecular weight excluding hydrogens is 209 g/mol. The summed E-state index contributed by atoms with van der Waals surface area (Å²) in [6, 6.07) is 7.16. The molecule has 1 nitrogen and oxygen atoms in total. The second kappa shape index (κ2) is 6.13. The number of nitrogens with one attached hydrogen (secondary N) is 1. The van der Waals surface area contributed by atoms with Crippen LogP contribution in [0.1, 0.15) is 13.8 Å². The summed E-state index contributed by atoms with van der Waals surface area (Å²) < 4.78 is 12.7. The van der Waals surface area contributed by atoms with Gasteiger partial charge in [-0.3, -0.25) is 0 Å². The molecule has 0 aliphatic carbocycles. The van der Waals surface area contributed by atoms with Crippen molar-refractivity contribution in [1.29, 1.82) is 0 Å². The molecule has 1 aromatic carbocycles. The van der Waals surface area contributed by atoms with Crippen LogP contribution in [0.3, 0.4) is 0 Å². The van der Waals surface area contributed by atoms with Crippen molar-refractivity contribution in [3.63, 3.8) is 0 Å². The molecule has 0 aromatic heterocycles. The number of halogens is 1. The Balaban J connectivity index is 2.45. The zero-order chi connectivity index (χ0) is 11.3. The third kappa shape index (κ3) is 4.22. The molecule has 1 aromatic rings. The molecule has 1 rings (SSSR count). The lowest BCUT2D eigenvalue weighted by molar-refractivity contribution is 0.465. The molecule has 0 fully saturated rings. The topological polar surface area (TPSA) is 12.0 Å². The highest BCUT2D eigenvalue weighted by molar-refractivity contribution is 7.99. The highest BCUT2D eigenvalue weighted by Gasteiger charge is 2.10. The average Bonchev–Trinajstić information content (AvgIpc) is 2.21. The van der Waals surface area contributed by atoms with Gasteiger partial charge in [0.05, 0.1) is 0 Å². The van der Waals surface area contributed by atoms with E-state index in [9.17, 15) is 4.39 Å². The van der Waals surface area contributed by atoms with Crippen LogP contribution in [0.25, 0.3) is 0 Å². The third-order valence-corrected chi connectivity index (χ3v) is 3.55. The van der Waals surface area contributed by atoms with E-state index in [1.807, 2.05) is 19.2 Å². The normalized spacial score (nSPS) is 13.1. The lowest BCUT2D eigenvalue weighted by Gasteiger charge is -2.19. The molecule has 0 aliphatic heterocycles. The molecule has 0 saturated carbocycles. The molecule has 0 aliphatic rings. The summed E-state index contributed by atoms with van der Waals surface area (Å²) in [6.45, 7) is 4.40. The number of rotatable bonds is 5. The van der Waals surface area contributed by atoms with Gasteiger partial charge in [0.1, 0.15) is 5.82 Å². The highest BCUT2D eigenvalue weighted by Crippen LogP contribution is 2.20. The first-order chi connectivity index (χ1) is 7.13. The van der Waals surface area contributed by atoms with E-state index in [2.05, 4.69) is 19.2 Å². The van der Waals surface area contributed by atoms with Crippen LogP contribution in [0.4, 0.5) is 4.39 Å². The molecule has 3 heteroatoms. The Kier molecular flexibility index (Phi) is 5.12. The van der Waals surface area contributed by atoms with Gasteiger partial charge in [-0.05, 0) is 37.2 Å². The van der Waals surface area contributed by atoms with Gasteiger partial charge in [-0.25, -0.2) is 4.39 Å². The molecule has 0 spiro atoms. The first-order valence-electron chi connectivity index (χ1n) is 5.19. The Morgan fingerprint density at radius 1 is 1.27 bits per heavy atom. The van der Waals surface area contributed by atoms with E-state index in [1.54, 1.807) is 11.8 Å². The maximum absolute atomic E-state index is 12.7. The Morgan fingerprint density at radius 2 is 1.87 bits per heavy atom. The quantitative estimate of drug-likeness (QED) is 0.775. The fourth-order valence-electron chi connectivity index (χ4n) is 1.33. The number of thioether (sulfide) groups is 1. The SMILES string of the molecule is CNC(CSc1ccc(F)cc1)C(C)C. The van der Waals surface area contributed by atoms with Crippen molar-refractivity contribution >= 4 is 11.8 Å². The van der Waals surface area contributed by atoms with Crippen molar-refractivity contribution in [3.8, 4) is 0 Å². The Morgan fingerprint density at radius 3 is 2.33 bits per heavy atom. The highest BCUT2D eigenvalue weighted by atomic mass is 32.2. The fraction of sp³-hybridized carbons (Fsp3) is 0.500. The van der Waals surface area contributed by atoms with Crippen LogP contribution in [-0.2, 0) is 0 Å². The van der Waals surface area contributed by atoms with E-state index in [1.165, 1.54) is 12.1 Å². The van der Waals surface area contributed by atoms with E-state index in [0.29, 0.717) is 12.0 Å². The van der Waals surface area contributed by atoms with Crippen LogP contribution >= 0.6 is 11.8 Å². The van der Waals surface area contributed by atoms with E-state index >= 15 is 0 Å². The van der Waals surface area contributed by atoms with Crippen LogP contribution in [-0.4, -0.2) is 18.8 Å². The van der Waals surface area contributed by atoms with Gasteiger partial charge in [-0.15, -0.1) is 11.8 Å². The van der Waals surface area contributed by atoms with Crippen molar-refractivity contribution in [2.24, 2.45) is 5.92 Å². The lowest BCUT2D eigenvalue weighted by Crippen LogP contribution is -2.32. The van der Waals surface area contributed by atoms with E-state index in [4.69, 9.17) is 0 Å². The maximum Gasteiger partial charge on any atom is 0.123 e. The monoisotopic (exact) mass is 227 g/mol. The van der Waals surface area contributed by atoms with Gasteiger partial charge in [-0.2, -0.15) is 0 Å². The minimum Gasteiger partial charge on any atom is -0.316 e. The first kappa shape index (κ1) is 12.5. The van der Waals surface area contributed by atoms with Gasteiger partial charge in [0.2, 0.25) is 0 Å². The summed E-state index contributed by atoms with van der Waals surface area (Å²) in [5, 5.41) is 3.29. The molecule has 1 unspecified atom stereocenters. The Labute approximate surface area is 95.5 Å². The average molecular weight is 227 g/mol. The molecule has 1 atom stereocenters. The van der Waals surface area contributed by atoms with Crippen LogP contribution in [0.15, 0.2) is 29.2 Å². The molecule has 0 radical (unpaired) electrons. The minimum atomic E-state index is -0.173.